The quantitative estimate of drug-likeness (QED) is 0.778. The molecule has 1 unspecified atom stereocenters. The zero-order valence-electron chi connectivity index (χ0n) is 10.1. The fourth-order valence-corrected chi connectivity index (χ4v) is 2.29. The van der Waals surface area contributed by atoms with Crippen molar-refractivity contribution in [3.05, 3.63) is 0 Å². The van der Waals surface area contributed by atoms with Crippen molar-refractivity contribution in [1.82, 2.24) is 10.2 Å². The summed E-state index contributed by atoms with van der Waals surface area (Å²) in [5, 5.41) is 11.3. The Morgan fingerprint density at radius 1 is 1.37 bits per heavy atom. The van der Waals surface area contributed by atoms with E-state index in [4.69, 9.17) is 5.11 Å². The smallest absolute Gasteiger partial charge is 0.441 e. The van der Waals surface area contributed by atoms with Gasteiger partial charge in [0, 0.05) is 18.8 Å². The van der Waals surface area contributed by atoms with Crippen molar-refractivity contribution in [2.24, 2.45) is 0 Å². The lowest BCUT2D eigenvalue weighted by atomic mass is 10.0. The zero-order chi connectivity index (χ0) is 14.5. The van der Waals surface area contributed by atoms with Gasteiger partial charge in [-0.15, -0.1) is 0 Å². The molecule has 0 aromatic heterocycles. The van der Waals surface area contributed by atoms with Gasteiger partial charge < -0.3 is 15.3 Å². The number of nitrogens with one attached hydrogen (secondary N) is 1. The summed E-state index contributed by atoms with van der Waals surface area (Å²) in [5.41, 5.74) is -4.32. The third kappa shape index (κ3) is 5.58. The van der Waals surface area contributed by atoms with Crippen molar-refractivity contribution in [1.29, 1.82) is 0 Å². The second-order valence-electron chi connectivity index (χ2n) is 4.07. The number of likely N-dealkylation sites (tertiary alicyclic amines) is 1. The topological polar surface area (TPSA) is 69.6 Å². The average Bonchev–Trinajstić information content (AvgIpc) is 2.33. The summed E-state index contributed by atoms with van der Waals surface area (Å²) in [4.78, 5) is 23.8. The summed E-state index contributed by atoms with van der Waals surface area (Å²) < 4.78 is 35.6. The predicted octanol–water partition coefficient (Wildman–Crippen LogP) is 1.89. The molecule has 0 aromatic rings. The second kappa shape index (κ2) is 6.88. The van der Waals surface area contributed by atoms with Crippen molar-refractivity contribution >= 4 is 23.8 Å². The van der Waals surface area contributed by atoms with Crippen LogP contribution in [0.4, 0.5) is 18.0 Å². The molecule has 0 radical (unpaired) electrons. The summed E-state index contributed by atoms with van der Waals surface area (Å²) in [6.07, 6.45) is 1.80. The van der Waals surface area contributed by atoms with Gasteiger partial charge in [-0.05, 0) is 31.0 Å². The molecule has 1 rings (SSSR count). The van der Waals surface area contributed by atoms with Crippen LogP contribution in [-0.2, 0) is 4.79 Å². The van der Waals surface area contributed by atoms with E-state index < -0.39 is 23.6 Å². The van der Waals surface area contributed by atoms with E-state index >= 15 is 0 Å². The van der Waals surface area contributed by atoms with Crippen LogP contribution in [0.1, 0.15) is 19.3 Å². The first kappa shape index (κ1) is 15.9. The number of rotatable bonds is 4. The van der Waals surface area contributed by atoms with Gasteiger partial charge in [0.2, 0.25) is 0 Å². The van der Waals surface area contributed by atoms with Gasteiger partial charge in [-0.3, -0.25) is 0 Å². The van der Waals surface area contributed by atoms with Crippen molar-refractivity contribution in [3.8, 4) is 0 Å². The number of carboxylic acids is 1. The number of hydrogen-bond acceptors (Lipinski definition) is 3. The normalized spacial score (nSPS) is 20.2. The maximum absolute atomic E-state index is 11.9. The van der Waals surface area contributed by atoms with E-state index in [2.05, 4.69) is 5.32 Å². The Balaban J connectivity index is 2.37. The molecule has 0 spiro atoms. The Bertz CT molecular complexity index is 338. The van der Waals surface area contributed by atoms with E-state index in [0.29, 0.717) is 19.4 Å². The van der Waals surface area contributed by atoms with Gasteiger partial charge in [-0.2, -0.15) is 13.2 Å². The maximum atomic E-state index is 11.9. The van der Waals surface area contributed by atoms with Gasteiger partial charge in [-0.1, -0.05) is 0 Å². The van der Waals surface area contributed by atoms with Crippen LogP contribution in [0.15, 0.2) is 0 Å². The highest BCUT2D eigenvalue weighted by Gasteiger charge is 2.32. The van der Waals surface area contributed by atoms with Crippen molar-refractivity contribution in [3.63, 3.8) is 0 Å². The van der Waals surface area contributed by atoms with Gasteiger partial charge in [0.25, 0.3) is 0 Å². The molecular formula is C10H15F3N2O3S. The number of hydrogen-bond donors (Lipinski definition) is 2. The first-order valence-corrected chi connectivity index (χ1v) is 6.78. The standard InChI is InChI=1S/C10H15F3N2O3S/c11-10(12,13)19-6-4-14-9(18)15-5-2-1-3-7(15)8(16)17/h7H,1-6H2,(H,14,18)(H,16,17). The molecule has 0 saturated carbocycles. The number of urea groups is 1. The molecule has 110 valence electrons. The third-order valence-corrected chi connectivity index (χ3v) is 3.43. The van der Waals surface area contributed by atoms with Crippen LogP contribution in [0.5, 0.6) is 0 Å². The van der Waals surface area contributed by atoms with E-state index in [-0.39, 0.29) is 24.1 Å². The molecular weight excluding hydrogens is 285 g/mol. The number of alkyl halides is 3. The highest BCUT2D eigenvalue weighted by molar-refractivity contribution is 8.00. The highest BCUT2D eigenvalue weighted by Crippen LogP contribution is 2.29. The van der Waals surface area contributed by atoms with Gasteiger partial charge >= 0.3 is 17.5 Å². The molecule has 2 N–H and O–H groups in total. The molecule has 9 heteroatoms. The van der Waals surface area contributed by atoms with Crippen molar-refractivity contribution < 1.29 is 27.9 Å². The fraction of sp³-hybridized carbons (Fsp3) is 0.800. The maximum Gasteiger partial charge on any atom is 0.441 e. The first-order chi connectivity index (χ1) is 8.81. The molecule has 1 saturated heterocycles. The Labute approximate surface area is 112 Å². The number of nitrogens with zero attached hydrogens (tertiary/aromatic N) is 1. The lowest BCUT2D eigenvalue weighted by molar-refractivity contribution is -0.143. The fourth-order valence-electron chi connectivity index (χ4n) is 1.86. The van der Waals surface area contributed by atoms with E-state index in [0.717, 1.165) is 6.42 Å². The van der Waals surface area contributed by atoms with E-state index in [1.807, 2.05) is 0 Å². The molecule has 1 heterocycles. The molecule has 1 aliphatic heterocycles. The number of halogens is 3. The van der Waals surface area contributed by atoms with Gasteiger partial charge in [0.1, 0.15) is 6.04 Å². The predicted molar refractivity (Wildman–Crippen MR) is 63.9 cm³/mol. The summed E-state index contributed by atoms with van der Waals surface area (Å²) in [6.45, 7) is 0.168. The minimum absolute atomic E-state index is 0.147. The van der Waals surface area contributed by atoms with E-state index in [1.165, 1.54) is 4.90 Å². The van der Waals surface area contributed by atoms with Gasteiger partial charge in [0.15, 0.2) is 0 Å². The molecule has 0 bridgehead atoms. The third-order valence-electron chi connectivity index (χ3n) is 2.69. The average molecular weight is 300 g/mol. The summed E-state index contributed by atoms with van der Waals surface area (Å²) in [5.74, 6) is -1.37. The number of carboxylic acid groups (broad SMARTS) is 1. The Morgan fingerprint density at radius 3 is 2.63 bits per heavy atom. The molecule has 5 nitrogen and oxygen atoms in total. The van der Waals surface area contributed by atoms with Crippen LogP contribution < -0.4 is 5.32 Å². The van der Waals surface area contributed by atoms with Gasteiger partial charge in [-0.25, -0.2) is 9.59 Å². The first-order valence-electron chi connectivity index (χ1n) is 5.79. The molecule has 0 aromatic carbocycles. The number of carbonyl (C=O) groups is 2. The van der Waals surface area contributed by atoms with Crippen LogP contribution in [0.2, 0.25) is 0 Å². The van der Waals surface area contributed by atoms with Crippen LogP contribution >= 0.6 is 11.8 Å². The lowest BCUT2D eigenvalue weighted by Gasteiger charge is -2.32. The number of amides is 2. The molecule has 1 fully saturated rings. The minimum atomic E-state index is -4.32. The number of aliphatic carboxylic acids is 1. The van der Waals surface area contributed by atoms with Crippen LogP contribution in [0.25, 0.3) is 0 Å². The Morgan fingerprint density at radius 2 is 2.05 bits per heavy atom. The molecule has 0 aliphatic carbocycles. The van der Waals surface area contributed by atoms with E-state index in [9.17, 15) is 22.8 Å². The molecule has 1 atom stereocenters. The van der Waals surface area contributed by atoms with Crippen molar-refractivity contribution in [2.45, 2.75) is 30.8 Å². The second-order valence-corrected chi connectivity index (χ2v) is 5.23. The van der Waals surface area contributed by atoms with Gasteiger partial charge in [0.05, 0.1) is 0 Å². The Kier molecular flexibility index (Phi) is 5.77. The molecule has 19 heavy (non-hydrogen) atoms. The van der Waals surface area contributed by atoms with Crippen LogP contribution in [0.3, 0.4) is 0 Å². The number of carbonyl (C=O) groups excluding carboxylic acids is 1. The Hall–Kier alpha value is -1.12. The summed E-state index contributed by atoms with van der Waals surface area (Å²) >= 11 is -0.220. The lowest BCUT2D eigenvalue weighted by Crippen LogP contribution is -2.52. The van der Waals surface area contributed by atoms with Crippen LogP contribution in [-0.4, -0.2) is 52.4 Å². The monoisotopic (exact) mass is 300 g/mol. The zero-order valence-corrected chi connectivity index (χ0v) is 10.9. The number of piperidine rings is 1. The SMILES string of the molecule is O=C(O)C1CCCCN1C(=O)NCCSC(F)(F)F. The van der Waals surface area contributed by atoms with Crippen molar-refractivity contribution in [2.75, 3.05) is 18.8 Å². The summed E-state index contributed by atoms with van der Waals surface area (Å²) in [7, 11) is 0. The number of thioether (sulfide) groups is 1. The van der Waals surface area contributed by atoms with E-state index in [1.54, 1.807) is 0 Å². The molecule has 2 amide bonds. The largest absolute Gasteiger partial charge is 0.480 e. The molecule has 1 aliphatic rings. The summed E-state index contributed by atoms with van der Waals surface area (Å²) in [6, 6.07) is -1.50. The highest BCUT2D eigenvalue weighted by atomic mass is 32.2. The van der Waals surface area contributed by atoms with Crippen LogP contribution in [0, 0.1) is 0 Å². The minimum Gasteiger partial charge on any atom is -0.480 e.